The van der Waals surface area contributed by atoms with Gasteiger partial charge in [-0.3, -0.25) is 0 Å². The Hall–Kier alpha value is -2.65. The first-order valence-corrected chi connectivity index (χ1v) is 6.34. The standard InChI is InChI=1S/C17H13FN2/c18-17-9-5-4-8-15(17)16(12-20)14(10-11-19)13-6-2-1-3-7-13/h1-9,14,16H,10H2. The Balaban J connectivity index is 2.45. The van der Waals surface area contributed by atoms with Crippen LogP contribution in [0.25, 0.3) is 0 Å². The Morgan fingerprint density at radius 1 is 0.950 bits per heavy atom. The summed E-state index contributed by atoms with van der Waals surface area (Å²) in [6, 6.07) is 19.8. The molecule has 2 aromatic carbocycles. The number of hydrogen-bond donors (Lipinski definition) is 0. The molecule has 0 heterocycles. The van der Waals surface area contributed by atoms with E-state index in [2.05, 4.69) is 12.1 Å². The number of nitriles is 2. The summed E-state index contributed by atoms with van der Waals surface area (Å²) in [5.74, 6) is -1.40. The molecular formula is C17H13FN2. The summed E-state index contributed by atoms with van der Waals surface area (Å²) in [5.41, 5.74) is 1.22. The summed E-state index contributed by atoms with van der Waals surface area (Å²) in [6.07, 6.45) is 0.177. The van der Waals surface area contributed by atoms with E-state index in [9.17, 15) is 9.65 Å². The minimum absolute atomic E-state index is 0.177. The quantitative estimate of drug-likeness (QED) is 0.833. The first-order valence-electron chi connectivity index (χ1n) is 6.34. The number of benzene rings is 2. The third kappa shape index (κ3) is 2.84. The number of rotatable bonds is 4. The largest absolute Gasteiger partial charge is 0.207 e. The van der Waals surface area contributed by atoms with Crippen LogP contribution in [-0.2, 0) is 0 Å². The molecule has 2 rings (SSSR count). The van der Waals surface area contributed by atoms with Crippen molar-refractivity contribution in [1.82, 2.24) is 0 Å². The van der Waals surface area contributed by atoms with Crippen LogP contribution in [-0.4, -0.2) is 0 Å². The molecule has 2 unspecified atom stereocenters. The molecule has 2 atom stereocenters. The van der Waals surface area contributed by atoms with Gasteiger partial charge in [-0.1, -0.05) is 48.5 Å². The Morgan fingerprint density at radius 2 is 1.60 bits per heavy atom. The number of halogens is 1. The Morgan fingerprint density at radius 3 is 2.20 bits per heavy atom. The van der Waals surface area contributed by atoms with Gasteiger partial charge in [-0.15, -0.1) is 0 Å². The van der Waals surface area contributed by atoms with Gasteiger partial charge >= 0.3 is 0 Å². The van der Waals surface area contributed by atoms with E-state index in [1.165, 1.54) is 6.07 Å². The number of nitrogens with zero attached hydrogens (tertiary/aromatic N) is 2. The molecule has 3 heteroatoms. The molecule has 0 aliphatic carbocycles. The molecule has 20 heavy (non-hydrogen) atoms. The summed E-state index contributed by atoms with van der Waals surface area (Å²) in [4.78, 5) is 0. The highest BCUT2D eigenvalue weighted by Crippen LogP contribution is 2.36. The third-order valence-electron chi connectivity index (χ3n) is 3.32. The van der Waals surface area contributed by atoms with Crippen molar-refractivity contribution in [1.29, 1.82) is 10.5 Å². The van der Waals surface area contributed by atoms with Crippen LogP contribution in [0.2, 0.25) is 0 Å². The molecule has 0 spiro atoms. The predicted molar refractivity (Wildman–Crippen MR) is 74.2 cm³/mol. The number of hydrogen-bond acceptors (Lipinski definition) is 2. The normalized spacial score (nSPS) is 12.9. The molecule has 0 radical (unpaired) electrons. The minimum Gasteiger partial charge on any atom is -0.207 e. The topological polar surface area (TPSA) is 47.6 Å². The summed E-state index contributed by atoms with van der Waals surface area (Å²) >= 11 is 0. The van der Waals surface area contributed by atoms with E-state index in [0.29, 0.717) is 5.56 Å². The monoisotopic (exact) mass is 264 g/mol. The lowest BCUT2D eigenvalue weighted by atomic mass is 9.80. The predicted octanol–water partition coefficient (Wildman–Crippen LogP) is 4.13. The summed E-state index contributed by atoms with van der Waals surface area (Å²) in [5, 5.41) is 18.4. The zero-order chi connectivity index (χ0) is 14.4. The zero-order valence-corrected chi connectivity index (χ0v) is 10.8. The van der Waals surface area contributed by atoms with Crippen LogP contribution in [0.5, 0.6) is 0 Å². The van der Waals surface area contributed by atoms with Gasteiger partial charge in [0.25, 0.3) is 0 Å². The highest BCUT2D eigenvalue weighted by molar-refractivity contribution is 5.34. The van der Waals surface area contributed by atoms with E-state index < -0.39 is 11.7 Å². The smallest absolute Gasteiger partial charge is 0.127 e. The van der Waals surface area contributed by atoms with Gasteiger partial charge in [0.05, 0.1) is 18.1 Å². The molecule has 0 aliphatic rings. The lowest BCUT2D eigenvalue weighted by Crippen LogP contribution is -2.11. The van der Waals surface area contributed by atoms with E-state index >= 15 is 0 Å². The molecule has 2 aromatic rings. The van der Waals surface area contributed by atoms with Crippen molar-refractivity contribution in [3.8, 4) is 12.1 Å². The minimum atomic E-state index is -0.668. The van der Waals surface area contributed by atoms with Gasteiger partial charge in [0.1, 0.15) is 5.82 Å². The summed E-state index contributed by atoms with van der Waals surface area (Å²) in [6.45, 7) is 0. The lowest BCUT2D eigenvalue weighted by Gasteiger charge is -2.20. The molecule has 0 amide bonds. The van der Waals surface area contributed by atoms with Crippen molar-refractivity contribution in [2.75, 3.05) is 0 Å². The fraction of sp³-hybridized carbons (Fsp3) is 0.176. The second-order valence-corrected chi connectivity index (χ2v) is 4.51. The van der Waals surface area contributed by atoms with E-state index in [1.54, 1.807) is 18.2 Å². The van der Waals surface area contributed by atoms with Gasteiger partial charge in [0, 0.05) is 17.9 Å². The molecule has 0 N–H and O–H groups in total. The lowest BCUT2D eigenvalue weighted by molar-refractivity contribution is 0.567. The highest BCUT2D eigenvalue weighted by Gasteiger charge is 2.26. The maximum absolute atomic E-state index is 13.9. The van der Waals surface area contributed by atoms with Crippen molar-refractivity contribution in [3.63, 3.8) is 0 Å². The van der Waals surface area contributed by atoms with Crippen LogP contribution in [0.4, 0.5) is 4.39 Å². The van der Waals surface area contributed by atoms with E-state index in [1.807, 2.05) is 30.3 Å². The molecule has 0 aromatic heterocycles. The van der Waals surface area contributed by atoms with Crippen molar-refractivity contribution >= 4 is 0 Å². The second kappa shape index (κ2) is 6.50. The van der Waals surface area contributed by atoms with Gasteiger partial charge in [0.15, 0.2) is 0 Å². The van der Waals surface area contributed by atoms with E-state index in [4.69, 9.17) is 5.26 Å². The van der Waals surface area contributed by atoms with Gasteiger partial charge in [-0.05, 0) is 11.6 Å². The van der Waals surface area contributed by atoms with Gasteiger partial charge in [0.2, 0.25) is 0 Å². The maximum Gasteiger partial charge on any atom is 0.127 e. The van der Waals surface area contributed by atoms with Gasteiger partial charge < -0.3 is 0 Å². The van der Waals surface area contributed by atoms with E-state index in [-0.39, 0.29) is 12.3 Å². The van der Waals surface area contributed by atoms with Crippen molar-refractivity contribution in [2.45, 2.75) is 18.3 Å². The van der Waals surface area contributed by atoms with Crippen LogP contribution >= 0.6 is 0 Å². The molecule has 0 bridgehead atoms. The van der Waals surface area contributed by atoms with Crippen molar-refractivity contribution in [2.24, 2.45) is 0 Å². The summed E-state index contributed by atoms with van der Waals surface area (Å²) in [7, 11) is 0. The third-order valence-corrected chi connectivity index (χ3v) is 3.32. The maximum atomic E-state index is 13.9. The average Bonchev–Trinajstić information content (AvgIpc) is 2.50. The molecule has 0 saturated heterocycles. The van der Waals surface area contributed by atoms with Crippen LogP contribution in [0.15, 0.2) is 54.6 Å². The SMILES string of the molecule is N#CCC(c1ccccc1)C(C#N)c1ccccc1F. The fourth-order valence-electron chi connectivity index (χ4n) is 2.33. The van der Waals surface area contributed by atoms with E-state index in [0.717, 1.165) is 5.56 Å². The highest BCUT2D eigenvalue weighted by atomic mass is 19.1. The molecule has 0 fully saturated rings. The van der Waals surface area contributed by atoms with Gasteiger partial charge in [-0.25, -0.2) is 4.39 Å². The average molecular weight is 264 g/mol. The van der Waals surface area contributed by atoms with Crippen LogP contribution < -0.4 is 0 Å². The first kappa shape index (κ1) is 13.8. The second-order valence-electron chi connectivity index (χ2n) is 4.51. The van der Waals surface area contributed by atoms with Crippen LogP contribution in [0.1, 0.15) is 29.4 Å². The Labute approximate surface area is 117 Å². The van der Waals surface area contributed by atoms with Crippen molar-refractivity contribution < 1.29 is 4.39 Å². The molecule has 0 saturated carbocycles. The molecule has 0 aliphatic heterocycles. The Kier molecular flexibility index (Phi) is 4.47. The molecular weight excluding hydrogens is 251 g/mol. The van der Waals surface area contributed by atoms with Crippen molar-refractivity contribution in [3.05, 3.63) is 71.5 Å². The van der Waals surface area contributed by atoms with Crippen LogP contribution in [0, 0.1) is 28.5 Å². The zero-order valence-electron chi connectivity index (χ0n) is 10.8. The summed E-state index contributed by atoms with van der Waals surface area (Å²) < 4.78 is 13.9. The van der Waals surface area contributed by atoms with Gasteiger partial charge in [-0.2, -0.15) is 10.5 Å². The fourth-order valence-corrected chi connectivity index (χ4v) is 2.33. The first-order chi connectivity index (χ1) is 9.77. The molecule has 2 nitrogen and oxygen atoms in total. The van der Waals surface area contributed by atoms with Crippen LogP contribution in [0.3, 0.4) is 0 Å². The molecule has 98 valence electrons. The Bertz CT molecular complexity index is 653.